The van der Waals surface area contributed by atoms with Gasteiger partial charge in [0.15, 0.2) is 0 Å². The molecule has 0 radical (unpaired) electrons. The molecule has 1 aromatic carbocycles. The van der Waals surface area contributed by atoms with Crippen LogP contribution >= 0.6 is 11.8 Å². The van der Waals surface area contributed by atoms with E-state index in [2.05, 4.69) is 28.5 Å². The Morgan fingerprint density at radius 1 is 1.47 bits per heavy atom. The number of imidazole rings is 1. The van der Waals surface area contributed by atoms with Gasteiger partial charge < -0.3 is 10.3 Å². The highest BCUT2D eigenvalue weighted by Gasteiger charge is 2.03. The molecule has 1 unspecified atom stereocenters. The lowest BCUT2D eigenvalue weighted by atomic mass is 10.3. The monoisotopic (exact) mass is 221 g/mol. The van der Waals surface area contributed by atoms with Gasteiger partial charge in [0.05, 0.1) is 11.0 Å². The average molecular weight is 221 g/mol. The van der Waals surface area contributed by atoms with E-state index in [1.165, 1.54) is 0 Å². The molecule has 4 heteroatoms. The summed E-state index contributed by atoms with van der Waals surface area (Å²) in [5.74, 6) is 0.858. The van der Waals surface area contributed by atoms with E-state index in [9.17, 15) is 0 Å². The number of thioether (sulfide) groups is 1. The molecule has 0 aliphatic rings. The number of aromatic amines is 1. The summed E-state index contributed by atoms with van der Waals surface area (Å²) in [7, 11) is 0. The Balaban J connectivity index is 2.09. The standard InChI is InChI=1S/C11H15N3S/c1-8(15-2)7-12-11-13-9-5-3-4-6-10(9)14-11/h3-6,8H,7H2,1-2H3,(H2,12,13,14). The molecule has 0 saturated carbocycles. The first-order valence-corrected chi connectivity index (χ1v) is 6.30. The number of hydrogen-bond acceptors (Lipinski definition) is 3. The molecule has 80 valence electrons. The Labute approximate surface area is 93.7 Å². The molecule has 2 aromatic rings. The van der Waals surface area contributed by atoms with Gasteiger partial charge in [-0.15, -0.1) is 0 Å². The van der Waals surface area contributed by atoms with Crippen LogP contribution < -0.4 is 5.32 Å². The van der Waals surface area contributed by atoms with Gasteiger partial charge >= 0.3 is 0 Å². The molecule has 2 rings (SSSR count). The van der Waals surface area contributed by atoms with Crippen molar-refractivity contribution in [3.8, 4) is 0 Å². The average Bonchev–Trinajstić information content (AvgIpc) is 2.68. The molecule has 1 heterocycles. The number of benzene rings is 1. The summed E-state index contributed by atoms with van der Waals surface area (Å²) in [5, 5.41) is 3.89. The second-order valence-electron chi connectivity index (χ2n) is 3.53. The first-order chi connectivity index (χ1) is 7.29. The van der Waals surface area contributed by atoms with Crippen molar-refractivity contribution in [2.45, 2.75) is 12.2 Å². The van der Waals surface area contributed by atoms with Crippen molar-refractivity contribution >= 4 is 28.7 Å². The van der Waals surface area contributed by atoms with Gasteiger partial charge in [0.2, 0.25) is 5.95 Å². The summed E-state index contributed by atoms with van der Waals surface area (Å²) in [5.41, 5.74) is 2.09. The molecule has 1 atom stereocenters. The summed E-state index contributed by atoms with van der Waals surface area (Å²) in [6.45, 7) is 3.13. The van der Waals surface area contributed by atoms with Crippen molar-refractivity contribution in [1.82, 2.24) is 9.97 Å². The summed E-state index contributed by atoms with van der Waals surface area (Å²) >= 11 is 1.85. The molecule has 1 aromatic heterocycles. The van der Waals surface area contributed by atoms with E-state index < -0.39 is 0 Å². The van der Waals surface area contributed by atoms with E-state index in [1.807, 2.05) is 36.0 Å². The lowest BCUT2D eigenvalue weighted by Crippen LogP contribution is -2.13. The van der Waals surface area contributed by atoms with Crippen molar-refractivity contribution in [1.29, 1.82) is 0 Å². The number of anilines is 1. The number of nitrogens with zero attached hydrogens (tertiary/aromatic N) is 1. The summed E-state index contributed by atoms with van der Waals surface area (Å²) in [6.07, 6.45) is 2.12. The predicted molar refractivity (Wildman–Crippen MR) is 67.6 cm³/mol. The Bertz CT molecular complexity index is 405. The number of nitrogens with one attached hydrogen (secondary N) is 2. The van der Waals surface area contributed by atoms with Crippen LogP contribution in [0, 0.1) is 0 Å². The lowest BCUT2D eigenvalue weighted by molar-refractivity contribution is 0.985. The zero-order chi connectivity index (χ0) is 10.7. The van der Waals surface area contributed by atoms with Crippen molar-refractivity contribution in [3.63, 3.8) is 0 Å². The number of hydrogen-bond donors (Lipinski definition) is 2. The van der Waals surface area contributed by atoms with Gasteiger partial charge in [-0.05, 0) is 18.4 Å². The van der Waals surface area contributed by atoms with Gasteiger partial charge in [-0.25, -0.2) is 4.98 Å². The van der Waals surface area contributed by atoms with E-state index in [1.54, 1.807) is 0 Å². The second-order valence-corrected chi connectivity index (χ2v) is 4.81. The summed E-state index contributed by atoms with van der Waals surface area (Å²) < 4.78 is 0. The van der Waals surface area contributed by atoms with Gasteiger partial charge in [0.1, 0.15) is 0 Å². The maximum atomic E-state index is 4.44. The molecule has 0 saturated heterocycles. The van der Waals surface area contributed by atoms with Crippen LogP contribution in [-0.4, -0.2) is 28.0 Å². The van der Waals surface area contributed by atoms with E-state index in [0.717, 1.165) is 23.5 Å². The molecule has 0 amide bonds. The molecule has 0 bridgehead atoms. The predicted octanol–water partition coefficient (Wildman–Crippen LogP) is 2.73. The highest BCUT2D eigenvalue weighted by molar-refractivity contribution is 7.99. The van der Waals surface area contributed by atoms with E-state index in [0.29, 0.717) is 5.25 Å². The molecule has 0 aliphatic heterocycles. The van der Waals surface area contributed by atoms with Crippen LogP contribution in [-0.2, 0) is 0 Å². The molecule has 0 spiro atoms. The van der Waals surface area contributed by atoms with Crippen LogP contribution in [0.15, 0.2) is 24.3 Å². The first kappa shape index (κ1) is 10.4. The minimum absolute atomic E-state index is 0.596. The van der Waals surface area contributed by atoms with Crippen LogP contribution in [0.5, 0.6) is 0 Å². The highest BCUT2D eigenvalue weighted by atomic mass is 32.2. The lowest BCUT2D eigenvalue weighted by Gasteiger charge is -2.07. The van der Waals surface area contributed by atoms with Crippen LogP contribution in [0.25, 0.3) is 11.0 Å². The third-order valence-corrected chi connectivity index (χ3v) is 3.32. The minimum atomic E-state index is 0.596. The highest BCUT2D eigenvalue weighted by Crippen LogP contribution is 2.14. The molecule has 3 nitrogen and oxygen atoms in total. The van der Waals surface area contributed by atoms with Crippen LogP contribution in [0.3, 0.4) is 0 Å². The third kappa shape index (κ3) is 2.45. The van der Waals surface area contributed by atoms with Gasteiger partial charge in [0.25, 0.3) is 0 Å². The van der Waals surface area contributed by atoms with Crippen molar-refractivity contribution in [2.24, 2.45) is 0 Å². The number of rotatable bonds is 4. The van der Waals surface area contributed by atoms with Crippen molar-refractivity contribution < 1.29 is 0 Å². The fourth-order valence-corrected chi connectivity index (χ4v) is 1.61. The molecular weight excluding hydrogens is 206 g/mol. The Morgan fingerprint density at radius 3 is 3.00 bits per heavy atom. The fourth-order valence-electron chi connectivity index (χ4n) is 1.36. The number of para-hydroxylation sites is 2. The molecule has 0 fully saturated rings. The SMILES string of the molecule is CSC(C)CNc1nc2ccccc2[nH]1. The largest absolute Gasteiger partial charge is 0.355 e. The maximum absolute atomic E-state index is 4.44. The Hall–Kier alpha value is -1.16. The molecule has 2 N–H and O–H groups in total. The first-order valence-electron chi connectivity index (χ1n) is 5.01. The number of H-pyrrole nitrogens is 1. The Kier molecular flexibility index (Phi) is 3.16. The smallest absolute Gasteiger partial charge is 0.201 e. The minimum Gasteiger partial charge on any atom is -0.355 e. The van der Waals surface area contributed by atoms with Crippen LogP contribution in [0.1, 0.15) is 6.92 Å². The molecular formula is C11H15N3S. The zero-order valence-corrected chi connectivity index (χ0v) is 9.77. The third-order valence-electron chi connectivity index (χ3n) is 2.35. The maximum Gasteiger partial charge on any atom is 0.201 e. The van der Waals surface area contributed by atoms with Gasteiger partial charge in [0, 0.05) is 11.8 Å². The van der Waals surface area contributed by atoms with Crippen LogP contribution in [0.4, 0.5) is 5.95 Å². The second kappa shape index (κ2) is 4.57. The van der Waals surface area contributed by atoms with E-state index in [-0.39, 0.29) is 0 Å². The molecule has 0 aliphatic carbocycles. The summed E-state index contributed by atoms with van der Waals surface area (Å²) in [4.78, 5) is 7.69. The van der Waals surface area contributed by atoms with Crippen molar-refractivity contribution in [3.05, 3.63) is 24.3 Å². The quantitative estimate of drug-likeness (QED) is 0.834. The normalized spacial score (nSPS) is 12.9. The van der Waals surface area contributed by atoms with Gasteiger partial charge in [-0.3, -0.25) is 0 Å². The van der Waals surface area contributed by atoms with Gasteiger partial charge in [-0.2, -0.15) is 11.8 Å². The Morgan fingerprint density at radius 2 is 2.27 bits per heavy atom. The van der Waals surface area contributed by atoms with Crippen molar-refractivity contribution in [2.75, 3.05) is 18.1 Å². The van der Waals surface area contributed by atoms with Crippen LogP contribution in [0.2, 0.25) is 0 Å². The van der Waals surface area contributed by atoms with Gasteiger partial charge in [-0.1, -0.05) is 19.1 Å². The summed E-state index contributed by atoms with van der Waals surface area (Å²) in [6, 6.07) is 8.05. The number of aromatic nitrogens is 2. The molecule has 15 heavy (non-hydrogen) atoms. The topological polar surface area (TPSA) is 40.7 Å². The van der Waals surface area contributed by atoms with E-state index in [4.69, 9.17) is 0 Å². The zero-order valence-electron chi connectivity index (χ0n) is 8.95. The number of fused-ring (bicyclic) bond motifs is 1. The van der Waals surface area contributed by atoms with E-state index >= 15 is 0 Å². The fraction of sp³-hybridized carbons (Fsp3) is 0.364.